The van der Waals surface area contributed by atoms with Crippen molar-refractivity contribution in [3.63, 3.8) is 0 Å². The van der Waals surface area contributed by atoms with Crippen LogP contribution in [0.4, 0.5) is 5.69 Å². The molecule has 1 amide bonds. The van der Waals surface area contributed by atoms with E-state index in [9.17, 15) is 4.79 Å². The fourth-order valence-corrected chi connectivity index (χ4v) is 2.98. The highest BCUT2D eigenvalue weighted by atomic mass is 16.5. The van der Waals surface area contributed by atoms with Gasteiger partial charge >= 0.3 is 0 Å². The smallest absolute Gasteiger partial charge is 0.226 e. The number of anilines is 1. The van der Waals surface area contributed by atoms with E-state index < -0.39 is 0 Å². The number of carbonyl (C=O) groups is 1. The zero-order valence-electron chi connectivity index (χ0n) is 16.4. The zero-order valence-corrected chi connectivity index (χ0v) is 16.4. The molecule has 0 aliphatic carbocycles. The van der Waals surface area contributed by atoms with Crippen molar-refractivity contribution < 1.29 is 9.53 Å². The number of benzene rings is 1. The topological polar surface area (TPSA) is 66.0 Å². The van der Waals surface area contributed by atoms with Crippen LogP contribution in [0.25, 0.3) is 0 Å². The Bertz CT molecular complexity index is 590. The number of hydrogen-bond donors (Lipinski definition) is 2. The molecule has 1 heterocycles. The molecule has 1 aromatic rings. The highest BCUT2D eigenvalue weighted by Crippen LogP contribution is 2.14. The predicted molar refractivity (Wildman–Crippen MR) is 106 cm³/mol. The van der Waals surface area contributed by atoms with Gasteiger partial charge in [-0.2, -0.15) is 0 Å². The molecule has 0 unspecified atom stereocenters. The minimum Gasteiger partial charge on any atom is -0.378 e. The number of likely N-dealkylation sites (tertiary alicyclic amines) is 1. The second-order valence-electron chi connectivity index (χ2n) is 6.88. The molecule has 0 saturated carbocycles. The summed E-state index contributed by atoms with van der Waals surface area (Å²) in [6.07, 6.45) is 2.46. The maximum Gasteiger partial charge on any atom is 0.226 e. The van der Waals surface area contributed by atoms with Crippen LogP contribution in [0.3, 0.4) is 0 Å². The SMILES string of the molecule is CCOC1CCN(C(=NC)NCc2ccc(NC(=O)C(C)C)cc2)CC1. The van der Waals surface area contributed by atoms with Gasteiger partial charge in [0.15, 0.2) is 5.96 Å². The molecule has 6 nitrogen and oxygen atoms in total. The lowest BCUT2D eigenvalue weighted by Crippen LogP contribution is -2.46. The van der Waals surface area contributed by atoms with Gasteiger partial charge < -0.3 is 20.3 Å². The summed E-state index contributed by atoms with van der Waals surface area (Å²) in [7, 11) is 1.82. The summed E-state index contributed by atoms with van der Waals surface area (Å²) in [6.45, 7) is 9.23. The standard InChI is InChI=1S/C20H32N4O2/c1-5-26-18-10-12-24(13-11-18)20(21-4)22-14-16-6-8-17(9-7-16)23-19(25)15(2)3/h6-9,15,18H,5,10-14H2,1-4H3,(H,21,22)(H,23,25). The first-order chi connectivity index (χ1) is 12.5. The quantitative estimate of drug-likeness (QED) is 0.605. The van der Waals surface area contributed by atoms with Crippen LogP contribution in [0.1, 0.15) is 39.2 Å². The summed E-state index contributed by atoms with van der Waals surface area (Å²) in [5, 5.41) is 6.34. The van der Waals surface area contributed by atoms with Crippen LogP contribution in [-0.2, 0) is 16.1 Å². The molecule has 1 saturated heterocycles. The second kappa shape index (κ2) is 10.2. The van der Waals surface area contributed by atoms with Gasteiger partial charge in [-0.25, -0.2) is 0 Å². The first-order valence-electron chi connectivity index (χ1n) is 9.50. The van der Waals surface area contributed by atoms with Gasteiger partial charge in [-0.3, -0.25) is 9.79 Å². The molecule has 0 bridgehead atoms. The maximum atomic E-state index is 11.7. The number of piperidine rings is 1. The first-order valence-corrected chi connectivity index (χ1v) is 9.50. The van der Waals surface area contributed by atoms with Crippen molar-refractivity contribution in [2.45, 2.75) is 46.3 Å². The number of aliphatic imine (C=N–C) groups is 1. The average molecular weight is 361 g/mol. The largest absolute Gasteiger partial charge is 0.378 e. The Morgan fingerprint density at radius 1 is 1.27 bits per heavy atom. The minimum atomic E-state index is -0.0217. The number of carbonyl (C=O) groups excluding carboxylic acids is 1. The van der Waals surface area contributed by atoms with Gasteiger partial charge in [-0.05, 0) is 37.5 Å². The number of rotatable bonds is 6. The van der Waals surface area contributed by atoms with Crippen molar-refractivity contribution in [2.24, 2.45) is 10.9 Å². The Morgan fingerprint density at radius 2 is 1.92 bits per heavy atom. The van der Waals surface area contributed by atoms with Crippen molar-refractivity contribution in [3.8, 4) is 0 Å². The lowest BCUT2D eigenvalue weighted by molar-refractivity contribution is -0.118. The Kier molecular flexibility index (Phi) is 7.91. The molecule has 0 spiro atoms. The summed E-state index contributed by atoms with van der Waals surface area (Å²) >= 11 is 0. The fourth-order valence-electron chi connectivity index (χ4n) is 2.98. The molecular weight excluding hydrogens is 328 g/mol. The lowest BCUT2D eigenvalue weighted by Gasteiger charge is -2.34. The molecule has 0 atom stereocenters. The molecule has 26 heavy (non-hydrogen) atoms. The van der Waals surface area contributed by atoms with E-state index in [1.807, 2.05) is 52.1 Å². The zero-order chi connectivity index (χ0) is 18.9. The van der Waals surface area contributed by atoms with Crippen molar-refractivity contribution in [3.05, 3.63) is 29.8 Å². The van der Waals surface area contributed by atoms with Crippen LogP contribution in [0, 0.1) is 5.92 Å². The summed E-state index contributed by atoms with van der Waals surface area (Å²) in [5.74, 6) is 0.940. The van der Waals surface area contributed by atoms with Gasteiger partial charge in [0, 0.05) is 44.9 Å². The third kappa shape index (κ3) is 6.02. The van der Waals surface area contributed by atoms with E-state index in [1.54, 1.807) is 0 Å². The maximum absolute atomic E-state index is 11.7. The monoisotopic (exact) mass is 360 g/mol. The van der Waals surface area contributed by atoms with Crippen LogP contribution >= 0.6 is 0 Å². The van der Waals surface area contributed by atoms with Gasteiger partial charge in [0.25, 0.3) is 0 Å². The number of hydrogen-bond acceptors (Lipinski definition) is 3. The molecule has 0 radical (unpaired) electrons. The van der Waals surface area contributed by atoms with Crippen molar-refractivity contribution in [2.75, 3.05) is 32.1 Å². The Labute approximate surface area is 157 Å². The third-order valence-electron chi connectivity index (χ3n) is 4.55. The van der Waals surface area contributed by atoms with E-state index in [2.05, 4.69) is 20.5 Å². The minimum absolute atomic E-state index is 0.0217. The molecule has 6 heteroatoms. The molecule has 144 valence electrons. The van der Waals surface area contributed by atoms with Crippen molar-refractivity contribution in [1.82, 2.24) is 10.2 Å². The lowest BCUT2D eigenvalue weighted by atomic mass is 10.1. The predicted octanol–water partition coefficient (Wildman–Crippen LogP) is 2.86. The Hall–Kier alpha value is -2.08. The van der Waals surface area contributed by atoms with Crippen LogP contribution in [0.5, 0.6) is 0 Å². The van der Waals surface area contributed by atoms with E-state index in [1.165, 1.54) is 0 Å². The highest BCUT2D eigenvalue weighted by molar-refractivity contribution is 5.92. The van der Waals surface area contributed by atoms with E-state index in [4.69, 9.17) is 4.74 Å². The summed E-state index contributed by atoms with van der Waals surface area (Å²) < 4.78 is 5.71. The van der Waals surface area contributed by atoms with Gasteiger partial charge in [0.05, 0.1) is 6.10 Å². The van der Waals surface area contributed by atoms with Gasteiger partial charge in [0.1, 0.15) is 0 Å². The molecule has 1 fully saturated rings. The number of amides is 1. The molecule has 1 aliphatic rings. The number of guanidine groups is 1. The molecule has 1 aromatic carbocycles. The fraction of sp³-hybridized carbons (Fsp3) is 0.600. The molecular formula is C20H32N4O2. The van der Waals surface area contributed by atoms with Crippen LogP contribution < -0.4 is 10.6 Å². The average Bonchev–Trinajstić information content (AvgIpc) is 2.65. The Balaban J connectivity index is 1.82. The van der Waals surface area contributed by atoms with Crippen molar-refractivity contribution >= 4 is 17.6 Å². The van der Waals surface area contributed by atoms with Crippen LogP contribution in [0.15, 0.2) is 29.3 Å². The molecule has 0 aromatic heterocycles. The second-order valence-corrected chi connectivity index (χ2v) is 6.88. The van der Waals surface area contributed by atoms with Crippen LogP contribution in [-0.4, -0.2) is 49.6 Å². The number of nitrogens with one attached hydrogen (secondary N) is 2. The number of ether oxygens (including phenoxy) is 1. The van der Waals surface area contributed by atoms with Gasteiger partial charge in [-0.1, -0.05) is 26.0 Å². The van der Waals surface area contributed by atoms with Gasteiger partial charge in [-0.15, -0.1) is 0 Å². The summed E-state index contributed by atoms with van der Waals surface area (Å²) in [4.78, 5) is 18.4. The summed E-state index contributed by atoms with van der Waals surface area (Å²) in [6, 6.07) is 7.93. The highest BCUT2D eigenvalue weighted by Gasteiger charge is 2.21. The Morgan fingerprint density at radius 3 is 2.46 bits per heavy atom. The number of nitrogens with zero attached hydrogens (tertiary/aromatic N) is 2. The normalized spacial score (nSPS) is 16.0. The van der Waals surface area contributed by atoms with E-state index in [-0.39, 0.29) is 11.8 Å². The first kappa shape index (κ1) is 20.2. The summed E-state index contributed by atoms with van der Waals surface area (Å²) in [5.41, 5.74) is 1.98. The van der Waals surface area contributed by atoms with E-state index in [0.29, 0.717) is 12.6 Å². The van der Waals surface area contributed by atoms with E-state index >= 15 is 0 Å². The van der Waals surface area contributed by atoms with Crippen molar-refractivity contribution in [1.29, 1.82) is 0 Å². The third-order valence-corrected chi connectivity index (χ3v) is 4.55. The van der Waals surface area contributed by atoms with Gasteiger partial charge in [0.2, 0.25) is 5.91 Å². The van der Waals surface area contributed by atoms with Crippen LogP contribution in [0.2, 0.25) is 0 Å². The molecule has 2 rings (SSSR count). The molecule has 1 aliphatic heterocycles. The van der Waals surface area contributed by atoms with E-state index in [0.717, 1.165) is 49.7 Å². The molecule has 2 N–H and O–H groups in total.